The number of carbonyl (C=O) groups excluding carboxylic acids is 1. The second-order valence-corrected chi connectivity index (χ2v) is 5.51. The van der Waals surface area contributed by atoms with Crippen molar-refractivity contribution in [1.82, 2.24) is 10.2 Å². The zero-order chi connectivity index (χ0) is 12.5. The lowest BCUT2D eigenvalue weighted by Gasteiger charge is -2.22. The fourth-order valence-electron chi connectivity index (χ4n) is 3.48. The van der Waals surface area contributed by atoms with E-state index in [2.05, 4.69) is 11.4 Å². The standard InChI is InChI=1S/C14H19N3O/c15-8-11-5-3-7-17(11)14(18)13-12-6-2-1-4-10(12)9-16-13/h10-11,16H,1-7,9H2/t10?,11-/m0/s1. The number of rotatable bonds is 1. The van der Waals surface area contributed by atoms with Gasteiger partial charge in [-0.2, -0.15) is 5.26 Å². The van der Waals surface area contributed by atoms with E-state index >= 15 is 0 Å². The van der Waals surface area contributed by atoms with Gasteiger partial charge in [-0.25, -0.2) is 0 Å². The van der Waals surface area contributed by atoms with Gasteiger partial charge in [-0.15, -0.1) is 0 Å². The third kappa shape index (κ3) is 1.78. The van der Waals surface area contributed by atoms with Crippen LogP contribution in [0, 0.1) is 17.2 Å². The topological polar surface area (TPSA) is 56.1 Å². The number of carbonyl (C=O) groups is 1. The Bertz CT molecular complexity index is 435. The number of hydrogen-bond acceptors (Lipinski definition) is 3. The van der Waals surface area contributed by atoms with Gasteiger partial charge in [-0.1, -0.05) is 6.42 Å². The second-order valence-electron chi connectivity index (χ2n) is 5.51. The minimum absolute atomic E-state index is 0.0680. The molecule has 1 unspecified atom stereocenters. The molecule has 2 heterocycles. The van der Waals surface area contributed by atoms with Crippen molar-refractivity contribution in [2.75, 3.05) is 13.1 Å². The van der Waals surface area contributed by atoms with Crippen molar-refractivity contribution < 1.29 is 4.79 Å². The van der Waals surface area contributed by atoms with Crippen molar-refractivity contribution in [1.29, 1.82) is 5.26 Å². The molecule has 0 aromatic carbocycles. The number of nitriles is 1. The minimum Gasteiger partial charge on any atom is -0.380 e. The van der Waals surface area contributed by atoms with E-state index in [1.165, 1.54) is 24.8 Å². The Morgan fingerprint density at radius 1 is 1.33 bits per heavy atom. The van der Waals surface area contributed by atoms with Gasteiger partial charge < -0.3 is 10.2 Å². The predicted molar refractivity (Wildman–Crippen MR) is 67.3 cm³/mol. The Balaban J connectivity index is 1.82. The molecular weight excluding hydrogens is 226 g/mol. The maximum Gasteiger partial charge on any atom is 0.270 e. The number of likely N-dealkylation sites (tertiary alicyclic amines) is 1. The van der Waals surface area contributed by atoms with E-state index in [9.17, 15) is 4.79 Å². The molecule has 1 aliphatic carbocycles. The molecule has 1 saturated carbocycles. The van der Waals surface area contributed by atoms with Crippen LogP contribution in [-0.4, -0.2) is 29.9 Å². The lowest BCUT2D eigenvalue weighted by Crippen LogP contribution is -2.38. The van der Waals surface area contributed by atoms with E-state index in [0.717, 1.165) is 38.0 Å². The largest absolute Gasteiger partial charge is 0.380 e. The van der Waals surface area contributed by atoms with Crippen LogP contribution in [0.25, 0.3) is 0 Å². The van der Waals surface area contributed by atoms with Gasteiger partial charge >= 0.3 is 0 Å². The van der Waals surface area contributed by atoms with E-state index in [1.807, 2.05) is 0 Å². The Hall–Kier alpha value is -1.50. The highest BCUT2D eigenvalue weighted by Crippen LogP contribution is 2.35. The van der Waals surface area contributed by atoms with Crippen LogP contribution < -0.4 is 5.32 Å². The van der Waals surface area contributed by atoms with Gasteiger partial charge in [0, 0.05) is 13.1 Å². The molecule has 4 heteroatoms. The van der Waals surface area contributed by atoms with E-state index in [1.54, 1.807) is 4.90 Å². The van der Waals surface area contributed by atoms with Gasteiger partial charge in [0.25, 0.3) is 5.91 Å². The molecule has 0 bridgehead atoms. The molecule has 0 spiro atoms. The zero-order valence-corrected chi connectivity index (χ0v) is 10.6. The van der Waals surface area contributed by atoms with Crippen LogP contribution in [0.3, 0.4) is 0 Å². The highest BCUT2D eigenvalue weighted by atomic mass is 16.2. The Morgan fingerprint density at radius 3 is 3.06 bits per heavy atom. The maximum atomic E-state index is 12.5. The molecule has 3 rings (SSSR count). The third-order valence-electron chi connectivity index (χ3n) is 4.46. The zero-order valence-electron chi connectivity index (χ0n) is 10.6. The number of amides is 1. The molecule has 1 amide bonds. The van der Waals surface area contributed by atoms with Crippen molar-refractivity contribution in [2.45, 2.75) is 44.6 Å². The monoisotopic (exact) mass is 245 g/mol. The average molecular weight is 245 g/mol. The molecule has 18 heavy (non-hydrogen) atoms. The summed E-state index contributed by atoms with van der Waals surface area (Å²) in [4.78, 5) is 14.3. The predicted octanol–water partition coefficient (Wildman–Crippen LogP) is 1.55. The number of fused-ring (bicyclic) bond motifs is 1. The first-order chi connectivity index (χ1) is 8.81. The first kappa shape index (κ1) is 11.6. The van der Waals surface area contributed by atoms with E-state index in [-0.39, 0.29) is 11.9 Å². The smallest absolute Gasteiger partial charge is 0.270 e. The van der Waals surface area contributed by atoms with Crippen molar-refractivity contribution in [2.24, 2.45) is 5.92 Å². The molecule has 0 aromatic rings. The lowest BCUT2D eigenvalue weighted by molar-refractivity contribution is -0.127. The average Bonchev–Trinajstić information content (AvgIpc) is 3.04. The Morgan fingerprint density at radius 2 is 2.22 bits per heavy atom. The van der Waals surface area contributed by atoms with Crippen molar-refractivity contribution in [3.8, 4) is 6.07 Å². The highest BCUT2D eigenvalue weighted by Gasteiger charge is 2.36. The molecule has 2 aliphatic heterocycles. The van der Waals surface area contributed by atoms with Crippen molar-refractivity contribution in [3.05, 3.63) is 11.3 Å². The van der Waals surface area contributed by atoms with Gasteiger partial charge in [0.05, 0.1) is 11.8 Å². The summed E-state index contributed by atoms with van der Waals surface area (Å²) < 4.78 is 0. The summed E-state index contributed by atoms with van der Waals surface area (Å²) in [6.07, 6.45) is 6.53. The molecule has 0 radical (unpaired) electrons. The van der Waals surface area contributed by atoms with Crippen LogP contribution in [0.4, 0.5) is 0 Å². The second kappa shape index (κ2) is 4.64. The van der Waals surface area contributed by atoms with Gasteiger partial charge in [0.1, 0.15) is 6.04 Å². The van der Waals surface area contributed by atoms with Gasteiger partial charge in [-0.3, -0.25) is 4.79 Å². The normalized spacial score (nSPS) is 30.9. The molecule has 1 N–H and O–H groups in total. The molecule has 96 valence electrons. The summed E-state index contributed by atoms with van der Waals surface area (Å²) in [6.45, 7) is 1.65. The van der Waals surface area contributed by atoms with E-state index in [4.69, 9.17) is 5.26 Å². The number of nitrogens with zero attached hydrogens (tertiary/aromatic N) is 2. The lowest BCUT2D eigenvalue weighted by atomic mass is 9.85. The van der Waals surface area contributed by atoms with Gasteiger partial charge in [0.15, 0.2) is 0 Å². The van der Waals surface area contributed by atoms with Crippen LogP contribution in [0.5, 0.6) is 0 Å². The minimum atomic E-state index is -0.213. The van der Waals surface area contributed by atoms with Crippen LogP contribution >= 0.6 is 0 Å². The molecule has 3 aliphatic rings. The first-order valence-electron chi connectivity index (χ1n) is 6.98. The van der Waals surface area contributed by atoms with E-state index < -0.39 is 0 Å². The van der Waals surface area contributed by atoms with Gasteiger partial charge in [0.2, 0.25) is 0 Å². The summed E-state index contributed by atoms with van der Waals surface area (Å²) in [5.74, 6) is 0.638. The van der Waals surface area contributed by atoms with Crippen molar-refractivity contribution in [3.63, 3.8) is 0 Å². The number of nitrogens with one attached hydrogen (secondary N) is 1. The summed E-state index contributed by atoms with van der Waals surface area (Å²) in [7, 11) is 0. The Labute approximate surface area is 108 Å². The van der Waals surface area contributed by atoms with Crippen LogP contribution in [-0.2, 0) is 4.79 Å². The molecule has 1 saturated heterocycles. The fourth-order valence-corrected chi connectivity index (χ4v) is 3.48. The summed E-state index contributed by atoms with van der Waals surface area (Å²) in [6, 6.07) is 2.03. The quantitative estimate of drug-likeness (QED) is 0.762. The Kier molecular flexibility index (Phi) is 2.99. The van der Waals surface area contributed by atoms with Crippen LogP contribution in [0.1, 0.15) is 38.5 Å². The SMILES string of the molecule is N#C[C@@H]1CCCN1C(=O)C1=C2CCCCC2CN1. The fraction of sp³-hybridized carbons (Fsp3) is 0.714. The first-order valence-corrected chi connectivity index (χ1v) is 6.98. The van der Waals surface area contributed by atoms with Gasteiger partial charge in [-0.05, 0) is 43.6 Å². The number of hydrogen-bond donors (Lipinski definition) is 1. The maximum absolute atomic E-state index is 12.5. The molecular formula is C14H19N3O. The summed E-state index contributed by atoms with van der Waals surface area (Å²) >= 11 is 0. The highest BCUT2D eigenvalue weighted by molar-refractivity contribution is 5.95. The summed E-state index contributed by atoms with van der Waals surface area (Å²) in [5.41, 5.74) is 2.15. The van der Waals surface area contributed by atoms with Crippen LogP contribution in [0.15, 0.2) is 11.3 Å². The van der Waals surface area contributed by atoms with Crippen molar-refractivity contribution >= 4 is 5.91 Å². The molecule has 0 aromatic heterocycles. The summed E-state index contributed by atoms with van der Waals surface area (Å²) in [5, 5.41) is 12.4. The van der Waals surface area contributed by atoms with E-state index in [0.29, 0.717) is 5.92 Å². The van der Waals surface area contributed by atoms with Crippen LogP contribution in [0.2, 0.25) is 0 Å². The molecule has 4 nitrogen and oxygen atoms in total. The third-order valence-corrected chi connectivity index (χ3v) is 4.46. The molecule has 2 atom stereocenters. The molecule has 2 fully saturated rings.